The summed E-state index contributed by atoms with van der Waals surface area (Å²) in [5.74, 6) is 0.560. The van der Waals surface area contributed by atoms with Crippen molar-refractivity contribution in [3.05, 3.63) is 111 Å². The highest BCUT2D eigenvalue weighted by Gasteiger charge is 2.42. The summed E-state index contributed by atoms with van der Waals surface area (Å²) in [5.41, 5.74) is 3.60. The van der Waals surface area contributed by atoms with Gasteiger partial charge in [-0.25, -0.2) is 0 Å². The quantitative estimate of drug-likeness (QED) is 0.390. The van der Waals surface area contributed by atoms with Gasteiger partial charge in [0.25, 0.3) is 5.91 Å². The topological polar surface area (TPSA) is 59.8 Å². The Morgan fingerprint density at radius 2 is 1.76 bits per heavy atom. The maximum Gasteiger partial charge on any atom is 0.291 e. The van der Waals surface area contributed by atoms with Crippen LogP contribution in [0.1, 0.15) is 52.2 Å². The van der Waals surface area contributed by atoms with E-state index in [0.717, 1.165) is 28.9 Å². The van der Waals surface area contributed by atoms with Crippen molar-refractivity contribution in [1.82, 2.24) is 4.90 Å². The van der Waals surface area contributed by atoms with Crippen molar-refractivity contribution in [3.63, 3.8) is 0 Å². The van der Waals surface area contributed by atoms with Crippen LogP contribution in [0.25, 0.3) is 11.0 Å². The lowest BCUT2D eigenvalue weighted by Crippen LogP contribution is -2.29. The van der Waals surface area contributed by atoms with E-state index >= 15 is 0 Å². The third kappa shape index (κ3) is 3.80. The summed E-state index contributed by atoms with van der Waals surface area (Å²) in [6.45, 7) is 5.04. The Hall–Kier alpha value is -3.86. The first kappa shape index (κ1) is 21.0. The fourth-order valence-electron chi connectivity index (χ4n) is 4.36. The van der Waals surface area contributed by atoms with Gasteiger partial charge in [0, 0.05) is 6.54 Å². The zero-order valence-corrected chi connectivity index (χ0v) is 18.7. The van der Waals surface area contributed by atoms with Crippen LogP contribution in [0.5, 0.6) is 5.75 Å². The number of rotatable bonds is 6. The molecule has 2 heterocycles. The third-order valence-corrected chi connectivity index (χ3v) is 5.99. The smallest absolute Gasteiger partial charge is 0.291 e. The third-order valence-electron chi connectivity index (χ3n) is 5.99. The molecule has 5 nitrogen and oxygen atoms in total. The number of aryl methyl sites for hydroxylation is 1. The van der Waals surface area contributed by atoms with E-state index < -0.39 is 6.04 Å². The van der Waals surface area contributed by atoms with E-state index in [4.69, 9.17) is 9.15 Å². The van der Waals surface area contributed by atoms with Gasteiger partial charge >= 0.3 is 0 Å². The zero-order valence-electron chi connectivity index (χ0n) is 18.7. The lowest BCUT2D eigenvalue weighted by Gasteiger charge is -2.25. The molecule has 0 N–H and O–H groups in total. The Labute approximate surface area is 192 Å². The number of nitrogens with zero attached hydrogens (tertiary/aromatic N) is 1. The molecule has 1 aliphatic rings. The fourth-order valence-corrected chi connectivity index (χ4v) is 4.36. The van der Waals surface area contributed by atoms with Gasteiger partial charge in [0.05, 0.1) is 23.6 Å². The molecule has 1 amide bonds. The summed E-state index contributed by atoms with van der Waals surface area (Å²) in [4.78, 5) is 28.9. The van der Waals surface area contributed by atoms with Crippen LogP contribution in [0.4, 0.5) is 0 Å². The van der Waals surface area contributed by atoms with Crippen molar-refractivity contribution in [2.45, 2.75) is 32.9 Å². The largest absolute Gasteiger partial charge is 0.494 e. The number of carbonyl (C=O) groups is 1. The van der Waals surface area contributed by atoms with Crippen LogP contribution in [-0.2, 0) is 6.54 Å². The molecular weight excluding hydrogens is 414 g/mol. The highest BCUT2D eigenvalue weighted by Crippen LogP contribution is 2.40. The summed E-state index contributed by atoms with van der Waals surface area (Å²) in [6, 6.07) is 22.2. The van der Waals surface area contributed by atoms with Crippen LogP contribution in [0.3, 0.4) is 0 Å². The predicted molar refractivity (Wildman–Crippen MR) is 128 cm³/mol. The Balaban J connectivity index is 1.67. The number of hydrogen-bond donors (Lipinski definition) is 0. The molecule has 0 saturated heterocycles. The maximum absolute atomic E-state index is 13.6. The second-order valence-electron chi connectivity index (χ2n) is 8.41. The van der Waals surface area contributed by atoms with Crippen molar-refractivity contribution >= 4 is 16.9 Å². The molecule has 0 aliphatic carbocycles. The van der Waals surface area contributed by atoms with E-state index in [1.807, 2.05) is 55.5 Å². The van der Waals surface area contributed by atoms with Crippen molar-refractivity contribution in [2.24, 2.45) is 0 Å². The van der Waals surface area contributed by atoms with Gasteiger partial charge in [-0.2, -0.15) is 0 Å². The summed E-state index contributed by atoms with van der Waals surface area (Å²) < 4.78 is 11.8. The van der Waals surface area contributed by atoms with Gasteiger partial charge in [-0.15, -0.1) is 0 Å². The minimum Gasteiger partial charge on any atom is -0.494 e. The highest BCUT2D eigenvalue weighted by atomic mass is 16.5. The van der Waals surface area contributed by atoms with Crippen LogP contribution in [0, 0.1) is 6.92 Å². The molecule has 1 unspecified atom stereocenters. The van der Waals surface area contributed by atoms with Crippen LogP contribution in [0.15, 0.2) is 82.0 Å². The molecular formula is C28H25NO4. The molecule has 1 aromatic heterocycles. The van der Waals surface area contributed by atoms with Crippen LogP contribution in [-0.4, -0.2) is 17.4 Å². The Morgan fingerprint density at radius 3 is 2.55 bits per heavy atom. The average Bonchev–Trinajstić information content (AvgIpc) is 3.11. The second kappa shape index (κ2) is 8.58. The maximum atomic E-state index is 13.6. The monoisotopic (exact) mass is 439 g/mol. The highest BCUT2D eigenvalue weighted by molar-refractivity contribution is 5.99. The van der Waals surface area contributed by atoms with Crippen molar-refractivity contribution in [1.29, 1.82) is 0 Å². The van der Waals surface area contributed by atoms with E-state index in [0.29, 0.717) is 29.7 Å². The molecule has 5 heteroatoms. The minimum absolute atomic E-state index is 0.121. The lowest BCUT2D eigenvalue weighted by atomic mass is 9.98. The molecule has 0 bridgehead atoms. The van der Waals surface area contributed by atoms with Gasteiger partial charge < -0.3 is 14.1 Å². The number of benzene rings is 3. The van der Waals surface area contributed by atoms with Crippen molar-refractivity contribution < 1.29 is 13.9 Å². The molecule has 1 atom stereocenters. The minimum atomic E-state index is -0.556. The SMILES string of the molecule is CCCOc1cccc(C2c3c(oc4ccccc4c3=O)C(=O)N2Cc2ccc(C)cc2)c1. The summed E-state index contributed by atoms with van der Waals surface area (Å²) in [7, 11) is 0. The Bertz CT molecular complexity index is 1390. The van der Waals surface area contributed by atoms with Crippen molar-refractivity contribution in [3.8, 4) is 5.75 Å². The first-order chi connectivity index (χ1) is 16.1. The molecule has 3 aromatic carbocycles. The number of carbonyl (C=O) groups excluding carboxylic acids is 1. The molecule has 0 spiro atoms. The van der Waals surface area contributed by atoms with Crippen LogP contribution >= 0.6 is 0 Å². The molecule has 0 saturated carbocycles. The Morgan fingerprint density at radius 1 is 0.970 bits per heavy atom. The molecule has 5 rings (SSSR count). The predicted octanol–water partition coefficient (Wildman–Crippen LogP) is 5.64. The number of amides is 1. The zero-order chi connectivity index (χ0) is 22.9. The van der Waals surface area contributed by atoms with Gasteiger partial charge in [-0.1, -0.05) is 61.0 Å². The van der Waals surface area contributed by atoms with Crippen molar-refractivity contribution in [2.75, 3.05) is 6.61 Å². The first-order valence-electron chi connectivity index (χ1n) is 11.2. The van der Waals surface area contributed by atoms with E-state index in [9.17, 15) is 9.59 Å². The molecule has 33 heavy (non-hydrogen) atoms. The fraction of sp³-hybridized carbons (Fsp3) is 0.214. The summed E-state index contributed by atoms with van der Waals surface area (Å²) >= 11 is 0. The number of para-hydroxylation sites is 1. The van der Waals surface area contributed by atoms with Gasteiger partial charge in [0.2, 0.25) is 5.76 Å². The normalized spacial score (nSPS) is 15.2. The molecule has 0 radical (unpaired) electrons. The number of hydrogen-bond acceptors (Lipinski definition) is 4. The Kier molecular flexibility index (Phi) is 5.47. The molecule has 1 aliphatic heterocycles. The summed E-state index contributed by atoms with van der Waals surface area (Å²) in [6.07, 6.45) is 0.893. The average molecular weight is 440 g/mol. The standard InChI is InChI=1S/C28H25NO4/c1-3-15-32-21-8-6-7-20(16-21)25-24-26(30)22-9-4-5-10-23(22)33-27(24)28(31)29(25)17-19-13-11-18(2)12-14-19/h4-14,16,25H,3,15,17H2,1-2H3. The second-order valence-corrected chi connectivity index (χ2v) is 8.41. The molecule has 0 fully saturated rings. The van der Waals surface area contributed by atoms with E-state index in [1.54, 1.807) is 29.2 Å². The first-order valence-corrected chi connectivity index (χ1v) is 11.2. The summed E-state index contributed by atoms with van der Waals surface area (Å²) in [5, 5.41) is 0.477. The molecule has 4 aromatic rings. The van der Waals surface area contributed by atoms with Gasteiger partial charge in [-0.3, -0.25) is 9.59 Å². The molecule has 166 valence electrons. The number of fused-ring (bicyclic) bond motifs is 2. The van der Waals surface area contributed by atoms with E-state index in [2.05, 4.69) is 6.92 Å². The van der Waals surface area contributed by atoms with Crippen LogP contribution < -0.4 is 10.2 Å². The van der Waals surface area contributed by atoms with Gasteiger partial charge in [0.15, 0.2) is 5.43 Å². The van der Waals surface area contributed by atoms with Gasteiger partial charge in [0.1, 0.15) is 11.3 Å². The van der Waals surface area contributed by atoms with E-state index in [1.165, 1.54) is 0 Å². The van der Waals surface area contributed by atoms with E-state index in [-0.39, 0.29) is 17.1 Å². The lowest BCUT2D eigenvalue weighted by molar-refractivity contribution is 0.0714. The van der Waals surface area contributed by atoms with Crippen LogP contribution in [0.2, 0.25) is 0 Å². The van der Waals surface area contributed by atoms with Gasteiger partial charge in [-0.05, 0) is 48.7 Å². The number of ether oxygens (including phenoxy) is 1.